The van der Waals surface area contributed by atoms with Gasteiger partial charge in [0.2, 0.25) is 5.91 Å². The van der Waals surface area contributed by atoms with Crippen LogP contribution in [0.15, 0.2) is 0 Å². The lowest BCUT2D eigenvalue weighted by Gasteiger charge is -2.36. The largest absolute Gasteiger partial charge is 0.339 e. The number of nitrogens with one attached hydrogen (secondary N) is 1. The van der Waals surface area contributed by atoms with Crippen LogP contribution in [0.5, 0.6) is 0 Å². The third kappa shape index (κ3) is 5.45. The van der Waals surface area contributed by atoms with Crippen LogP contribution in [0.25, 0.3) is 0 Å². The number of aromatic nitrogens is 2. The normalized spacial score (nSPS) is 23.0. The summed E-state index contributed by atoms with van der Waals surface area (Å²) in [5, 5.41) is 7.44. The van der Waals surface area contributed by atoms with E-state index in [-0.39, 0.29) is 49.2 Å². The van der Waals surface area contributed by atoms with Gasteiger partial charge in [0.05, 0.1) is 11.7 Å². The van der Waals surface area contributed by atoms with Crippen LogP contribution in [0.1, 0.15) is 23.4 Å². The Hall–Kier alpha value is -0.600. The predicted octanol–water partition coefficient (Wildman–Crippen LogP) is 1.65. The molecule has 0 aliphatic carbocycles. The van der Waals surface area contributed by atoms with E-state index in [1.54, 1.807) is 0 Å². The minimum atomic E-state index is -0.887. The summed E-state index contributed by atoms with van der Waals surface area (Å²) in [5.41, 5.74) is 3.56. The number of hydrogen-bond donors (Lipinski definition) is 1. The summed E-state index contributed by atoms with van der Waals surface area (Å²) in [4.78, 5) is 16.6. The van der Waals surface area contributed by atoms with Crippen LogP contribution in [0.2, 0.25) is 0 Å². The molecule has 3 heterocycles. The molecule has 0 spiro atoms. The average molecular weight is 433 g/mol. The number of alkyl halides is 1. The first-order chi connectivity index (χ1) is 11.0. The molecule has 2 fully saturated rings. The van der Waals surface area contributed by atoms with Gasteiger partial charge in [-0.05, 0) is 13.8 Å². The Bertz CT molecular complexity index is 593. The monoisotopic (exact) mass is 431 g/mol. The lowest BCUT2D eigenvalue weighted by Crippen LogP contribution is -2.52. The first-order valence-electron chi connectivity index (χ1n) is 8.33. The van der Waals surface area contributed by atoms with Crippen LogP contribution in [0, 0.1) is 13.8 Å². The number of rotatable bonds is 3. The maximum atomic E-state index is 13.2. The van der Waals surface area contributed by atoms with Crippen LogP contribution in [-0.4, -0.2) is 70.4 Å². The highest BCUT2D eigenvalue weighted by atomic mass is 35.5. The molecule has 0 radical (unpaired) electrons. The fourth-order valence-corrected chi connectivity index (χ4v) is 3.50. The summed E-state index contributed by atoms with van der Waals surface area (Å²) < 4.78 is 15.2. The van der Waals surface area contributed by atoms with Gasteiger partial charge in [-0.15, -0.1) is 37.2 Å². The Balaban J connectivity index is 0.00000208. The molecular weight excluding hydrogens is 404 g/mol. The molecule has 10 heteroatoms. The van der Waals surface area contributed by atoms with Crippen molar-refractivity contribution in [1.82, 2.24) is 24.9 Å². The number of amides is 1. The quantitative estimate of drug-likeness (QED) is 0.789. The van der Waals surface area contributed by atoms with Crippen molar-refractivity contribution >= 4 is 43.1 Å². The van der Waals surface area contributed by atoms with Crippen molar-refractivity contribution in [3.8, 4) is 0 Å². The van der Waals surface area contributed by atoms with E-state index in [4.69, 9.17) is 0 Å². The van der Waals surface area contributed by atoms with Crippen molar-refractivity contribution in [2.75, 3.05) is 32.7 Å². The molecule has 0 aromatic carbocycles. The Morgan fingerprint density at radius 3 is 2.27 bits per heavy atom. The summed E-state index contributed by atoms with van der Waals surface area (Å²) in [7, 11) is 1.97. The lowest BCUT2D eigenvalue weighted by atomic mass is 10.1. The van der Waals surface area contributed by atoms with Crippen molar-refractivity contribution in [1.29, 1.82) is 0 Å². The zero-order chi connectivity index (χ0) is 16.6. The van der Waals surface area contributed by atoms with Crippen molar-refractivity contribution in [3.63, 3.8) is 0 Å². The first kappa shape index (κ1) is 25.4. The highest BCUT2D eigenvalue weighted by molar-refractivity contribution is 5.86. The Morgan fingerprint density at radius 2 is 1.81 bits per heavy atom. The fraction of sp³-hybridized carbons (Fsp3) is 0.750. The van der Waals surface area contributed by atoms with E-state index >= 15 is 0 Å². The molecule has 0 saturated carbocycles. The Labute approximate surface area is 173 Å². The smallest absolute Gasteiger partial charge is 0.239 e. The number of aryl methyl sites for hydroxylation is 2. The predicted molar refractivity (Wildman–Crippen MR) is 108 cm³/mol. The van der Waals surface area contributed by atoms with Crippen LogP contribution in [0.3, 0.4) is 0 Å². The first-order valence-corrected chi connectivity index (χ1v) is 8.33. The number of nitrogens with zero attached hydrogens (tertiary/aromatic N) is 4. The minimum Gasteiger partial charge on any atom is -0.339 e. The molecule has 1 aromatic heterocycles. The van der Waals surface area contributed by atoms with Crippen LogP contribution >= 0.6 is 37.2 Å². The van der Waals surface area contributed by atoms with Crippen LogP contribution in [-0.2, 0) is 18.4 Å². The molecule has 3 rings (SSSR count). The molecule has 2 aliphatic heterocycles. The number of hydrogen-bond acceptors (Lipinski definition) is 4. The maximum Gasteiger partial charge on any atom is 0.239 e. The van der Waals surface area contributed by atoms with E-state index in [0.29, 0.717) is 26.1 Å². The van der Waals surface area contributed by atoms with Crippen molar-refractivity contribution in [3.05, 3.63) is 17.0 Å². The zero-order valence-corrected chi connectivity index (χ0v) is 17.9. The molecule has 0 unspecified atom stereocenters. The SMILES string of the molecule is Cc1nn(C)c(C)c1CN1CCN(C(=O)[C@H]2C[C@H](F)CN2)CC1.Cl.Cl.Cl. The maximum absolute atomic E-state index is 13.2. The molecule has 0 bridgehead atoms. The highest BCUT2D eigenvalue weighted by Crippen LogP contribution is 2.17. The van der Waals surface area contributed by atoms with E-state index in [1.165, 1.54) is 11.3 Å². The standard InChI is InChI=1S/C16H26FN5O.3ClH/c1-11-14(12(2)20(3)19-11)10-21-4-6-22(7-5-21)16(23)15-8-13(17)9-18-15;;;/h13,15,18H,4-10H2,1-3H3;3*1H/t13-,15+;;;/m0.../s1. The topological polar surface area (TPSA) is 53.4 Å². The molecule has 2 saturated heterocycles. The summed E-state index contributed by atoms with van der Waals surface area (Å²) in [5.74, 6) is 0.0542. The molecule has 1 aromatic rings. The third-order valence-electron chi connectivity index (χ3n) is 5.10. The highest BCUT2D eigenvalue weighted by Gasteiger charge is 2.33. The molecular formula is C16H29Cl3FN5O. The second-order valence-corrected chi connectivity index (χ2v) is 6.67. The van der Waals surface area contributed by atoms with Crippen molar-refractivity contribution in [2.45, 2.75) is 39.0 Å². The van der Waals surface area contributed by atoms with Gasteiger partial charge in [-0.25, -0.2) is 4.39 Å². The van der Waals surface area contributed by atoms with Gasteiger partial charge in [0, 0.05) is 64.0 Å². The van der Waals surface area contributed by atoms with E-state index in [9.17, 15) is 9.18 Å². The average Bonchev–Trinajstić information content (AvgIpc) is 3.06. The second kappa shape index (κ2) is 10.7. The molecule has 26 heavy (non-hydrogen) atoms. The molecule has 6 nitrogen and oxygen atoms in total. The number of piperazine rings is 1. The van der Waals surface area contributed by atoms with Gasteiger partial charge in [-0.3, -0.25) is 14.4 Å². The third-order valence-corrected chi connectivity index (χ3v) is 5.10. The molecule has 1 amide bonds. The number of halogens is 4. The van der Waals surface area contributed by atoms with E-state index in [2.05, 4.69) is 22.2 Å². The van der Waals surface area contributed by atoms with Gasteiger partial charge >= 0.3 is 0 Å². The zero-order valence-electron chi connectivity index (χ0n) is 15.4. The summed E-state index contributed by atoms with van der Waals surface area (Å²) >= 11 is 0. The lowest BCUT2D eigenvalue weighted by molar-refractivity contribution is -0.135. The summed E-state index contributed by atoms with van der Waals surface area (Å²) in [6.45, 7) is 8.45. The van der Waals surface area contributed by atoms with E-state index < -0.39 is 6.17 Å². The summed E-state index contributed by atoms with van der Waals surface area (Å²) in [6, 6.07) is -0.334. The minimum absolute atomic E-state index is 0. The van der Waals surface area contributed by atoms with Gasteiger partial charge in [-0.1, -0.05) is 0 Å². The Morgan fingerprint density at radius 1 is 1.19 bits per heavy atom. The van der Waals surface area contributed by atoms with Gasteiger partial charge in [-0.2, -0.15) is 5.10 Å². The van der Waals surface area contributed by atoms with Crippen molar-refractivity contribution < 1.29 is 9.18 Å². The molecule has 2 atom stereocenters. The van der Waals surface area contributed by atoms with Gasteiger partial charge in [0.25, 0.3) is 0 Å². The molecule has 1 N–H and O–H groups in total. The second-order valence-electron chi connectivity index (χ2n) is 6.67. The van der Waals surface area contributed by atoms with Gasteiger partial charge in [0.15, 0.2) is 0 Å². The molecule has 2 aliphatic rings. The van der Waals surface area contributed by atoms with E-state index in [1.807, 2.05) is 23.6 Å². The van der Waals surface area contributed by atoms with Crippen LogP contribution < -0.4 is 5.32 Å². The van der Waals surface area contributed by atoms with Crippen molar-refractivity contribution in [2.24, 2.45) is 7.05 Å². The number of carbonyl (C=O) groups is 1. The van der Waals surface area contributed by atoms with Gasteiger partial charge in [0.1, 0.15) is 6.17 Å². The van der Waals surface area contributed by atoms with E-state index in [0.717, 1.165) is 25.3 Å². The number of carbonyl (C=O) groups excluding carboxylic acids is 1. The molecule has 152 valence electrons. The Kier molecular flexibility index (Phi) is 10.4. The van der Waals surface area contributed by atoms with Crippen LogP contribution in [0.4, 0.5) is 4.39 Å². The summed E-state index contributed by atoms with van der Waals surface area (Å²) in [6.07, 6.45) is -0.575. The van der Waals surface area contributed by atoms with Gasteiger partial charge < -0.3 is 10.2 Å². The fourth-order valence-electron chi connectivity index (χ4n) is 3.50.